The number of hydrogen-bond acceptors (Lipinski definition) is 4. The lowest BCUT2D eigenvalue weighted by Crippen LogP contribution is -2.38. The Balaban J connectivity index is 2.03. The third-order valence-electron chi connectivity index (χ3n) is 3.63. The van der Waals surface area contributed by atoms with E-state index in [0.29, 0.717) is 18.6 Å². The Morgan fingerprint density at radius 1 is 1.65 bits per heavy atom. The first-order valence-electron chi connectivity index (χ1n) is 6.35. The molecule has 1 saturated heterocycles. The maximum absolute atomic E-state index is 9.00. The normalized spacial score (nSPS) is 25.0. The molecule has 3 atom stereocenters. The second-order valence-corrected chi connectivity index (χ2v) is 5.80. The number of aliphatic hydroxyl groups is 1. The van der Waals surface area contributed by atoms with Gasteiger partial charge in [0.2, 0.25) is 0 Å². The van der Waals surface area contributed by atoms with Gasteiger partial charge in [0.05, 0.1) is 6.04 Å². The second kappa shape index (κ2) is 5.96. The molecule has 3 nitrogen and oxygen atoms in total. The third-order valence-corrected chi connectivity index (χ3v) is 4.33. The van der Waals surface area contributed by atoms with Gasteiger partial charge < -0.3 is 10.8 Å². The van der Waals surface area contributed by atoms with Crippen molar-refractivity contribution in [2.45, 2.75) is 31.8 Å². The molecule has 0 bridgehead atoms. The molecule has 0 amide bonds. The van der Waals surface area contributed by atoms with Gasteiger partial charge in [-0.3, -0.25) is 4.90 Å². The second-order valence-electron chi connectivity index (χ2n) is 5.02. The fourth-order valence-corrected chi connectivity index (χ4v) is 3.51. The molecular formula is C13H22N2OS. The molecule has 2 rings (SSSR count). The van der Waals surface area contributed by atoms with E-state index in [2.05, 4.69) is 28.7 Å². The molecule has 1 fully saturated rings. The molecule has 3 N–H and O–H groups in total. The first kappa shape index (κ1) is 13.0. The molecule has 1 aliphatic rings. The highest BCUT2D eigenvalue weighted by molar-refractivity contribution is 7.07. The molecule has 4 heteroatoms. The number of aliphatic hydroxyl groups excluding tert-OH is 1. The molecule has 17 heavy (non-hydrogen) atoms. The van der Waals surface area contributed by atoms with Gasteiger partial charge in [0.25, 0.3) is 0 Å². The average Bonchev–Trinajstić information content (AvgIpc) is 2.91. The number of thiophene rings is 1. The third kappa shape index (κ3) is 3.07. The van der Waals surface area contributed by atoms with Crippen molar-refractivity contribution in [1.29, 1.82) is 0 Å². The van der Waals surface area contributed by atoms with Crippen LogP contribution in [0.25, 0.3) is 0 Å². The maximum Gasteiger partial charge on any atom is 0.0504 e. The minimum absolute atomic E-state index is 0.150. The quantitative estimate of drug-likeness (QED) is 0.843. The van der Waals surface area contributed by atoms with E-state index in [0.717, 1.165) is 19.5 Å². The van der Waals surface area contributed by atoms with Crippen molar-refractivity contribution in [3.63, 3.8) is 0 Å². The van der Waals surface area contributed by atoms with Crippen LogP contribution in [-0.4, -0.2) is 35.7 Å². The summed E-state index contributed by atoms with van der Waals surface area (Å²) in [6.45, 7) is 4.57. The summed E-state index contributed by atoms with van der Waals surface area (Å²) in [5, 5.41) is 13.3. The number of hydrogen-bond donors (Lipinski definition) is 2. The Morgan fingerprint density at radius 3 is 3.06 bits per heavy atom. The van der Waals surface area contributed by atoms with Crippen LogP contribution in [0.2, 0.25) is 0 Å². The fourth-order valence-electron chi connectivity index (χ4n) is 2.82. The summed E-state index contributed by atoms with van der Waals surface area (Å²) < 4.78 is 0. The number of rotatable bonds is 5. The zero-order chi connectivity index (χ0) is 12.3. The van der Waals surface area contributed by atoms with E-state index in [1.165, 1.54) is 12.0 Å². The van der Waals surface area contributed by atoms with Gasteiger partial charge in [-0.1, -0.05) is 0 Å². The summed E-state index contributed by atoms with van der Waals surface area (Å²) in [4.78, 5) is 2.48. The summed E-state index contributed by atoms with van der Waals surface area (Å²) in [5.41, 5.74) is 7.48. The van der Waals surface area contributed by atoms with Crippen LogP contribution in [0.3, 0.4) is 0 Å². The van der Waals surface area contributed by atoms with E-state index in [1.807, 2.05) is 0 Å². The van der Waals surface area contributed by atoms with Crippen LogP contribution in [0.5, 0.6) is 0 Å². The lowest BCUT2D eigenvalue weighted by molar-refractivity contribution is 0.201. The van der Waals surface area contributed by atoms with Crippen molar-refractivity contribution >= 4 is 11.3 Å². The Kier molecular flexibility index (Phi) is 4.56. The largest absolute Gasteiger partial charge is 0.396 e. The highest BCUT2D eigenvalue weighted by atomic mass is 32.1. The SMILES string of the molecule is CC(N)C(c1ccsc1)N1CCC(CCO)C1. The molecule has 0 saturated carbocycles. The molecule has 2 heterocycles. The summed E-state index contributed by atoms with van der Waals surface area (Å²) in [5.74, 6) is 0.639. The van der Waals surface area contributed by atoms with Crippen LogP contribution in [-0.2, 0) is 0 Å². The van der Waals surface area contributed by atoms with E-state index in [-0.39, 0.29) is 6.04 Å². The average molecular weight is 254 g/mol. The predicted molar refractivity (Wildman–Crippen MR) is 72.1 cm³/mol. The predicted octanol–water partition coefficient (Wildman–Crippen LogP) is 1.84. The van der Waals surface area contributed by atoms with Gasteiger partial charge in [0, 0.05) is 19.2 Å². The van der Waals surface area contributed by atoms with Crippen LogP contribution in [0.4, 0.5) is 0 Å². The number of nitrogens with two attached hydrogens (primary N) is 1. The summed E-state index contributed by atoms with van der Waals surface area (Å²) in [6.07, 6.45) is 2.11. The monoisotopic (exact) mass is 254 g/mol. The van der Waals surface area contributed by atoms with Gasteiger partial charge >= 0.3 is 0 Å². The first-order chi connectivity index (χ1) is 8.22. The van der Waals surface area contributed by atoms with Crippen molar-refractivity contribution in [1.82, 2.24) is 4.90 Å². The maximum atomic E-state index is 9.00. The van der Waals surface area contributed by atoms with Crippen molar-refractivity contribution in [2.24, 2.45) is 11.7 Å². The molecule has 96 valence electrons. The number of likely N-dealkylation sites (tertiary alicyclic amines) is 1. The highest BCUT2D eigenvalue weighted by Crippen LogP contribution is 2.31. The van der Waals surface area contributed by atoms with Gasteiger partial charge in [-0.15, -0.1) is 0 Å². The molecule has 3 unspecified atom stereocenters. The zero-order valence-corrected chi connectivity index (χ0v) is 11.2. The van der Waals surface area contributed by atoms with Crippen LogP contribution < -0.4 is 5.73 Å². The minimum atomic E-state index is 0.150. The van der Waals surface area contributed by atoms with Crippen LogP contribution in [0, 0.1) is 5.92 Å². The van der Waals surface area contributed by atoms with Crippen molar-refractivity contribution < 1.29 is 5.11 Å². The molecule has 1 aromatic rings. The van der Waals surface area contributed by atoms with E-state index in [4.69, 9.17) is 10.8 Å². The Labute approximate surface area is 107 Å². The first-order valence-corrected chi connectivity index (χ1v) is 7.29. The highest BCUT2D eigenvalue weighted by Gasteiger charge is 2.30. The van der Waals surface area contributed by atoms with Gasteiger partial charge in [-0.25, -0.2) is 0 Å². The molecule has 0 aliphatic carbocycles. The van der Waals surface area contributed by atoms with Crippen LogP contribution >= 0.6 is 11.3 Å². The minimum Gasteiger partial charge on any atom is -0.396 e. The molecular weight excluding hydrogens is 232 g/mol. The lowest BCUT2D eigenvalue weighted by atomic mass is 10.0. The number of nitrogens with zero attached hydrogens (tertiary/aromatic N) is 1. The van der Waals surface area contributed by atoms with E-state index < -0.39 is 0 Å². The van der Waals surface area contributed by atoms with Crippen molar-refractivity contribution in [3.8, 4) is 0 Å². The molecule has 0 aromatic carbocycles. The van der Waals surface area contributed by atoms with Crippen molar-refractivity contribution in [3.05, 3.63) is 22.4 Å². The fraction of sp³-hybridized carbons (Fsp3) is 0.692. The van der Waals surface area contributed by atoms with E-state index in [9.17, 15) is 0 Å². The topological polar surface area (TPSA) is 49.5 Å². The van der Waals surface area contributed by atoms with E-state index >= 15 is 0 Å². The van der Waals surface area contributed by atoms with Crippen molar-refractivity contribution in [2.75, 3.05) is 19.7 Å². The lowest BCUT2D eigenvalue weighted by Gasteiger charge is -2.30. The van der Waals surface area contributed by atoms with Crippen LogP contribution in [0.15, 0.2) is 16.8 Å². The van der Waals surface area contributed by atoms with Gasteiger partial charge in [-0.2, -0.15) is 11.3 Å². The zero-order valence-electron chi connectivity index (χ0n) is 10.4. The Bertz CT molecular complexity index is 326. The molecule has 0 radical (unpaired) electrons. The van der Waals surface area contributed by atoms with E-state index in [1.54, 1.807) is 11.3 Å². The summed E-state index contributed by atoms with van der Waals surface area (Å²) in [6, 6.07) is 2.67. The van der Waals surface area contributed by atoms with Crippen LogP contribution in [0.1, 0.15) is 31.4 Å². The standard InChI is InChI=1S/C13H22N2OS/c1-10(14)13(12-4-7-17-9-12)15-5-2-11(8-15)3-6-16/h4,7,9-11,13,16H,2-3,5-6,8,14H2,1H3. The molecule has 0 spiro atoms. The Hall–Kier alpha value is -0.420. The van der Waals surface area contributed by atoms with Gasteiger partial charge in [-0.05, 0) is 54.6 Å². The van der Waals surface area contributed by atoms with Gasteiger partial charge in [0.15, 0.2) is 0 Å². The molecule has 1 aliphatic heterocycles. The summed E-state index contributed by atoms with van der Waals surface area (Å²) in [7, 11) is 0. The Morgan fingerprint density at radius 2 is 2.47 bits per heavy atom. The summed E-state index contributed by atoms with van der Waals surface area (Å²) >= 11 is 1.73. The molecule has 1 aromatic heterocycles. The van der Waals surface area contributed by atoms with Gasteiger partial charge in [0.1, 0.15) is 0 Å². The smallest absolute Gasteiger partial charge is 0.0504 e.